The van der Waals surface area contributed by atoms with E-state index in [1.54, 1.807) is 12.1 Å². The van der Waals surface area contributed by atoms with Gasteiger partial charge in [-0.3, -0.25) is 14.7 Å². The van der Waals surface area contributed by atoms with Crippen LogP contribution < -0.4 is 10.6 Å². The van der Waals surface area contributed by atoms with Gasteiger partial charge in [0, 0.05) is 13.6 Å². The van der Waals surface area contributed by atoms with Crippen LogP contribution in [0.4, 0.5) is 5.69 Å². The molecule has 0 spiro atoms. The van der Waals surface area contributed by atoms with Crippen molar-refractivity contribution < 1.29 is 4.84 Å². The minimum Gasteiger partial charge on any atom is -0.273 e. The molecular formula is C8H10ClN3O2. The molecule has 0 saturated carbocycles. The number of hydroxylamine groups is 1. The Hall–Kier alpha value is -1.07. The molecule has 76 valence electrons. The van der Waals surface area contributed by atoms with Crippen LogP contribution in [0.15, 0.2) is 11.0 Å². The molecule has 2 rings (SSSR count). The highest BCUT2D eigenvalue weighted by atomic mass is 35.5. The molecular weight excluding hydrogens is 206 g/mol. The quantitative estimate of drug-likeness (QED) is 0.688. The van der Waals surface area contributed by atoms with Crippen molar-refractivity contribution in [2.45, 2.75) is 6.42 Å². The van der Waals surface area contributed by atoms with Gasteiger partial charge in [-0.25, -0.2) is 4.68 Å². The molecule has 0 aromatic carbocycles. The Labute approximate surface area is 85.8 Å². The van der Waals surface area contributed by atoms with Crippen molar-refractivity contribution in [3.05, 3.63) is 21.6 Å². The second kappa shape index (κ2) is 3.59. The molecule has 1 aliphatic heterocycles. The third kappa shape index (κ3) is 1.49. The lowest BCUT2D eigenvalue weighted by atomic mass is 10.4. The van der Waals surface area contributed by atoms with Crippen LogP contribution >= 0.6 is 11.6 Å². The highest BCUT2D eigenvalue weighted by Gasteiger charge is 2.18. The van der Waals surface area contributed by atoms with Gasteiger partial charge < -0.3 is 0 Å². The van der Waals surface area contributed by atoms with Gasteiger partial charge in [0.25, 0.3) is 5.56 Å². The van der Waals surface area contributed by atoms with E-state index in [1.807, 2.05) is 0 Å². The van der Waals surface area contributed by atoms with Crippen LogP contribution in [0.25, 0.3) is 0 Å². The van der Waals surface area contributed by atoms with Gasteiger partial charge >= 0.3 is 0 Å². The lowest BCUT2D eigenvalue weighted by molar-refractivity contribution is 0.168. The first-order chi connectivity index (χ1) is 6.70. The van der Waals surface area contributed by atoms with Crippen LogP contribution in [-0.2, 0) is 11.9 Å². The first-order valence-corrected chi connectivity index (χ1v) is 4.70. The monoisotopic (exact) mass is 215 g/mol. The summed E-state index contributed by atoms with van der Waals surface area (Å²) in [5.41, 5.74) is 0.243. The van der Waals surface area contributed by atoms with Crippen LogP contribution in [-0.4, -0.2) is 22.9 Å². The Morgan fingerprint density at radius 2 is 2.43 bits per heavy atom. The van der Waals surface area contributed by atoms with E-state index in [4.69, 9.17) is 16.4 Å². The number of nitrogens with zero attached hydrogens (tertiary/aromatic N) is 3. The average Bonchev–Trinajstić information content (AvgIpc) is 2.67. The number of hydrogen-bond acceptors (Lipinski definition) is 4. The molecule has 0 bridgehead atoms. The van der Waals surface area contributed by atoms with Crippen LogP contribution in [0.1, 0.15) is 6.42 Å². The van der Waals surface area contributed by atoms with Crippen molar-refractivity contribution in [3.63, 3.8) is 0 Å². The maximum absolute atomic E-state index is 11.4. The standard InChI is InChI=1S/C8H10ClN3O2/c1-11-8(13)7(9)6(5-10-11)12-3-2-4-14-12/h5H,2-4H2,1H3. The predicted molar refractivity (Wildman–Crippen MR) is 52.4 cm³/mol. The van der Waals surface area contributed by atoms with E-state index in [1.165, 1.54) is 10.9 Å². The van der Waals surface area contributed by atoms with Crippen molar-refractivity contribution in [3.8, 4) is 0 Å². The SMILES string of the molecule is Cn1ncc(N2CCCO2)c(Cl)c1=O. The van der Waals surface area contributed by atoms with E-state index >= 15 is 0 Å². The van der Waals surface area contributed by atoms with Crippen LogP contribution in [0, 0.1) is 0 Å². The third-order valence-corrected chi connectivity index (χ3v) is 2.44. The van der Waals surface area contributed by atoms with E-state index < -0.39 is 0 Å². The molecule has 1 fully saturated rings. The maximum Gasteiger partial charge on any atom is 0.287 e. The van der Waals surface area contributed by atoms with Crippen LogP contribution in [0.2, 0.25) is 5.02 Å². The van der Waals surface area contributed by atoms with Crippen molar-refractivity contribution in [2.24, 2.45) is 7.05 Å². The van der Waals surface area contributed by atoms with E-state index in [0.29, 0.717) is 12.3 Å². The first kappa shape index (κ1) is 9.48. The normalized spacial score (nSPS) is 16.3. The summed E-state index contributed by atoms with van der Waals surface area (Å²) >= 11 is 5.88. The molecule has 0 atom stereocenters. The van der Waals surface area contributed by atoms with Gasteiger partial charge in [-0.15, -0.1) is 0 Å². The number of hydrogen-bond donors (Lipinski definition) is 0. The molecule has 1 aliphatic rings. The van der Waals surface area contributed by atoms with E-state index in [-0.39, 0.29) is 10.6 Å². The first-order valence-electron chi connectivity index (χ1n) is 4.32. The predicted octanol–water partition coefficient (Wildman–Crippen LogP) is 0.575. The molecule has 6 heteroatoms. The molecule has 0 N–H and O–H groups in total. The number of halogens is 1. The average molecular weight is 216 g/mol. The molecule has 0 amide bonds. The molecule has 0 unspecified atom stereocenters. The van der Waals surface area contributed by atoms with Crippen molar-refractivity contribution in [2.75, 3.05) is 18.2 Å². The highest BCUT2D eigenvalue weighted by Crippen LogP contribution is 2.23. The van der Waals surface area contributed by atoms with Gasteiger partial charge in [0.05, 0.1) is 12.8 Å². The topological polar surface area (TPSA) is 47.4 Å². The Bertz CT molecular complexity index is 398. The zero-order valence-electron chi connectivity index (χ0n) is 7.73. The van der Waals surface area contributed by atoms with Crippen LogP contribution in [0.3, 0.4) is 0 Å². The van der Waals surface area contributed by atoms with E-state index in [2.05, 4.69) is 5.10 Å². The highest BCUT2D eigenvalue weighted by molar-refractivity contribution is 6.32. The Morgan fingerprint density at radius 3 is 3.07 bits per heavy atom. The zero-order chi connectivity index (χ0) is 10.1. The minimum atomic E-state index is -0.306. The summed E-state index contributed by atoms with van der Waals surface area (Å²) in [6.45, 7) is 1.40. The van der Waals surface area contributed by atoms with E-state index in [9.17, 15) is 4.79 Å². The van der Waals surface area contributed by atoms with Gasteiger partial charge in [-0.1, -0.05) is 11.6 Å². The Balaban J connectivity index is 2.43. The summed E-state index contributed by atoms with van der Waals surface area (Å²) in [4.78, 5) is 16.7. The lowest BCUT2D eigenvalue weighted by Gasteiger charge is -2.16. The molecule has 2 heterocycles. The number of aryl methyl sites for hydroxylation is 1. The maximum atomic E-state index is 11.4. The molecule has 0 radical (unpaired) electrons. The van der Waals surface area contributed by atoms with Gasteiger partial charge in [-0.2, -0.15) is 5.10 Å². The fourth-order valence-corrected chi connectivity index (χ4v) is 1.58. The second-order valence-electron chi connectivity index (χ2n) is 3.06. The summed E-state index contributed by atoms with van der Waals surface area (Å²) in [5, 5.41) is 5.65. The summed E-state index contributed by atoms with van der Waals surface area (Å²) < 4.78 is 1.20. The summed E-state index contributed by atoms with van der Waals surface area (Å²) in [6, 6.07) is 0. The Kier molecular flexibility index (Phi) is 2.43. The molecule has 14 heavy (non-hydrogen) atoms. The fraction of sp³-hybridized carbons (Fsp3) is 0.500. The van der Waals surface area contributed by atoms with Gasteiger partial charge in [0.15, 0.2) is 0 Å². The summed E-state index contributed by atoms with van der Waals surface area (Å²) in [5.74, 6) is 0. The molecule has 0 aliphatic carbocycles. The van der Waals surface area contributed by atoms with Crippen LogP contribution in [0.5, 0.6) is 0 Å². The largest absolute Gasteiger partial charge is 0.287 e. The second-order valence-corrected chi connectivity index (χ2v) is 3.44. The molecule has 1 saturated heterocycles. The van der Waals surface area contributed by atoms with Crippen molar-refractivity contribution in [1.29, 1.82) is 0 Å². The summed E-state index contributed by atoms with van der Waals surface area (Å²) in [6.07, 6.45) is 2.47. The van der Waals surface area contributed by atoms with Crippen molar-refractivity contribution >= 4 is 17.3 Å². The van der Waals surface area contributed by atoms with Gasteiger partial charge in [0.2, 0.25) is 0 Å². The van der Waals surface area contributed by atoms with Gasteiger partial charge in [-0.05, 0) is 6.42 Å². The fourth-order valence-electron chi connectivity index (χ4n) is 1.31. The molecule has 1 aromatic rings. The van der Waals surface area contributed by atoms with Gasteiger partial charge in [0.1, 0.15) is 10.7 Å². The number of rotatable bonds is 1. The zero-order valence-corrected chi connectivity index (χ0v) is 8.49. The Morgan fingerprint density at radius 1 is 1.64 bits per heavy atom. The number of aromatic nitrogens is 2. The van der Waals surface area contributed by atoms with Crippen molar-refractivity contribution in [1.82, 2.24) is 9.78 Å². The molecule has 5 nitrogen and oxygen atoms in total. The molecule has 1 aromatic heterocycles. The smallest absolute Gasteiger partial charge is 0.273 e. The lowest BCUT2D eigenvalue weighted by Crippen LogP contribution is -2.25. The minimum absolute atomic E-state index is 0.157. The van der Waals surface area contributed by atoms with E-state index in [0.717, 1.165) is 13.0 Å². The summed E-state index contributed by atoms with van der Waals surface area (Å²) in [7, 11) is 1.56. The third-order valence-electron chi connectivity index (χ3n) is 2.08. The number of anilines is 1.